The molecule has 1 atom stereocenters. The second-order valence-electron chi connectivity index (χ2n) is 0.954. The molecule has 7 heavy (non-hydrogen) atoms. The Morgan fingerprint density at radius 1 is 1.86 bits per heavy atom. The van der Waals surface area contributed by atoms with E-state index >= 15 is 0 Å². The molecule has 0 amide bonds. The molecule has 0 aromatic heterocycles. The topological polar surface area (TPSA) is 72.3 Å². The number of hydrogen-bond acceptors (Lipinski definition) is 2. The van der Waals surface area contributed by atoms with Crippen molar-refractivity contribution in [3.63, 3.8) is 0 Å². The molecule has 0 heterocycles. The molecule has 4 N–H and O–H groups in total. The molecule has 1 unspecified atom stereocenters. The van der Waals surface area contributed by atoms with Crippen LogP contribution in [0.2, 0.25) is 0 Å². The zero-order valence-corrected chi connectivity index (χ0v) is 5.60. The summed E-state index contributed by atoms with van der Waals surface area (Å²) in [5, 5.41) is 7.94. The molecule has 0 aromatic carbocycles. The minimum atomic E-state index is -0.824. The summed E-state index contributed by atoms with van der Waals surface area (Å²) in [6.07, 6.45) is 0. The fourth-order valence-corrected chi connectivity index (χ4v) is 0. The molecule has 44 valence electrons. The van der Waals surface area contributed by atoms with Gasteiger partial charge in [0.05, 0.1) is 0 Å². The number of aliphatic carboxylic acids is 1. The van der Waals surface area contributed by atoms with E-state index in [1.165, 1.54) is 0 Å². The van der Waals surface area contributed by atoms with Crippen LogP contribution in [-0.4, -0.2) is 15.9 Å². The van der Waals surface area contributed by atoms with Crippen molar-refractivity contribution in [3.8, 4) is 0 Å². The Morgan fingerprint density at radius 2 is 2.00 bits per heavy atom. The molecule has 3 nitrogen and oxygen atoms in total. The van der Waals surface area contributed by atoms with Crippen LogP contribution in [-0.2, 0) is 4.79 Å². The molecule has 0 spiro atoms. The number of carboxylic acids is 1. The van der Waals surface area contributed by atoms with Gasteiger partial charge >= 0.3 is 5.97 Å². The van der Waals surface area contributed by atoms with Gasteiger partial charge in [-0.25, -0.2) is 0 Å². The third-order valence-electron chi connectivity index (χ3n) is 0.340. The number of halogens is 1. The van der Waals surface area contributed by atoms with Gasteiger partial charge in [0, 0.05) is 0 Å². The average Bonchev–Trinajstić information content (AvgIpc) is 1.36. The maximum absolute atomic E-state index is 9.65. The molecule has 0 aromatic rings. The smallest absolute Gasteiger partial charge is 0.316 e. The van der Waals surface area contributed by atoms with Gasteiger partial charge in [-0.3, -0.25) is 4.79 Å². The van der Waals surface area contributed by atoms with E-state index in [1.54, 1.807) is 6.92 Å². The van der Waals surface area contributed by atoms with Crippen molar-refractivity contribution in [2.75, 3.05) is 0 Å². The standard InChI is InChI=1S/C3H5BrO2.H3N/c1-2(4)3(5)6;/h2H,1H3,(H,5,6);1H3. The van der Waals surface area contributed by atoms with E-state index in [2.05, 4.69) is 15.9 Å². The van der Waals surface area contributed by atoms with Crippen molar-refractivity contribution in [2.45, 2.75) is 11.8 Å². The summed E-state index contributed by atoms with van der Waals surface area (Å²) in [5.74, 6) is -0.824. The molecule has 0 saturated carbocycles. The predicted octanol–water partition coefficient (Wildman–Crippen LogP) is 1.02. The van der Waals surface area contributed by atoms with E-state index in [0.717, 1.165) is 0 Å². The summed E-state index contributed by atoms with van der Waals surface area (Å²) in [4.78, 5) is 9.23. The highest BCUT2D eigenvalue weighted by molar-refractivity contribution is 9.10. The monoisotopic (exact) mass is 169 g/mol. The Labute approximate surface area is 50.4 Å². The first-order valence-corrected chi connectivity index (χ1v) is 2.43. The molecule has 0 saturated heterocycles. The summed E-state index contributed by atoms with van der Waals surface area (Å²) in [6, 6.07) is 0. The predicted molar refractivity (Wildman–Crippen MR) is 31.0 cm³/mol. The molecule has 0 radical (unpaired) electrons. The van der Waals surface area contributed by atoms with Crippen molar-refractivity contribution in [2.24, 2.45) is 0 Å². The minimum Gasteiger partial charge on any atom is -0.480 e. The van der Waals surface area contributed by atoms with Crippen molar-refractivity contribution in [1.82, 2.24) is 6.15 Å². The molecular weight excluding hydrogens is 162 g/mol. The number of hydrogen-bond donors (Lipinski definition) is 2. The first-order valence-electron chi connectivity index (χ1n) is 1.51. The third-order valence-corrected chi connectivity index (χ3v) is 0.732. The van der Waals surface area contributed by atoms with E-state index in [1.807, 2.05) is 0 Å². The Balaban J connectivity index is 0. The molecule has 0 fully saturated rings. The fourth-order valence-electron chi connectivity index (χ4n) is 0. The van der Waals surface area contributed by atoms with Crippen molar-refractivity contribution in [3.05, 3.63) is 0 Å². The van der Waals surface area contributed by atoms with Gasteiger partial charge in [-0.1, -0.05) is 15.9 Å². The number of alkyl halides is 1. The van der Waals surface area contributed by atoms with Gasteiger partial charge in [-0.15, -0.1) is 0 Å². The van der Waals surface area contributed by atoms with Crippen LogP contribution >= 0.6 is 15.9 Å². The summed E-state index contributed by atoms with van der Waals surface area (Å²) in [5.41, 5.74) is 0. The van der Waals surface area contributed by atoms with Gasteiger partial charge in [0.1, 0.15) is 4.83 Å². The molecule has 0 bridgehead atoms. The zero-order chi connectivity index (χ0) is 5.15. The summed E-state index contributed by atoms with van der Waals surface area (Å²) < 4.78 is 0. The molecule has 0 aliphatic carbocycles. The summed E-state index contributed by atoms with van der Waals surface area (Å²) >= 11 is 2.84. The van der Waals surface area contributed by atoms with E-state index < -0.39 is 10.8 Å². The van der Waals surface area contributed by atoms with Crippen molar-refractivity contribution < 1.29 is 9.90 Å². The normalized spacial score (nSPS) is 11.7. The van der Waals surface area contributed by atoms with Crippen LogP contribution in [0.5, 0.6) is 0 Å². The lowest BCUT2D eigenvalue weighted by Gasteiger charge is -1.87. The van der Waals surface area contributed by atoms with E-state index in [4.69, 9.17) is 5.11 Å². The van der Waals surface area contributed by atoms with Gasteiger partial charge in [-0.05, 0) is 6.92 Å². The lowest BCUT2D eigenvalue weighted by atomic mass is 10.5. The Morgan fingerprint density at radius 3 is 2.00 bits per heavy atom. The van der Waals surface area contributed by atoms with Gasteiger partial charge in [0.25, 0.3) is 0 Å². The third kappa shape index (κ3) is 5.91. The molecule has 4 heteroatoms. The van der Waals surface area contributed by atoms with Crippen LogP contribution in [0.1, 0.15) is 6.92 Å². The Hall–Kier alpha value is -0.0900. The van der Waals surface area contributed by atoms with Gasteiger partial charge < -0.3 is 11.3 Å². The number of carboxylic acid groups (broad SMARTS) is 1. The average molecular weight is 170 g/mol. The van der Waals surface area contributed by atoms with Gasteiger partial charge in [-0.2, -0.15) is 0 Å². The zero-order valence-electron chi connectivity index (χ0n) is 4.02. The van der Waals surface area contributed by atoms with E-state index in [-0.39, 0.29) is 6.15 Å². The maximum atomic E-state index is 9.65. The highest BCUT2D eigenvalue weighted by Gasteiger charge is 2.01. The van der Waals surface area contributed by atoms with E-state index in [9.17, 15) is 4.79 Å². The Kier molecular flexibility index (Phi) is 5.83. The highest BCUT2D eigenvalue weighted by atomic mass is 79.9. The Bertz CT molecular complexity index is 64.0. The van der Waals surface area contributed by atoms with E-state index in [0.29, 0.717) is 0 Å². The van der Waals surface area contributed by atoms with Crippen molar-refractivity contribution >= 4 is 21.9 Å². The van der Waals surface area contributed by atoms with Crippen LogP contribution in [0, 0.1) is 0 Å². The second-order valence-corrected chi connectivity index (χ2v) is 2.33. The lowest BCUT2D eigenvalue weighted by molar-refractivity contribution is -0.135. The molecule has 0 aliphatic rings. The van der Waals surface area contributed by atoms with Crippen molar-refractivity contribution in [1.29, 1.82) is 0 Å². The summed E-state index contributed by atoms with van der Waals surface area (Å²) in [7, 11) is 0. The van der Waals surface area contributed by atoms with Crippen LogP contribution in [0.3, 0.4) is 0 Å². The maximum Gasteiger partial charge on any atom is 0.316 e. The minimum absolute atomic E-state index is 0. The highest BCUT2D eigenvalue weighted by Crippen LogP contribution is 1.93. The molecular formula is C3H8BrNO2. The lowest BCUT2D eigenvalue weighted by Crippen LogP contribution is -2.06. The molecule has 0 rings (SSSR count). The van der Waals surface area contributed by atoms with Crippen LogP contribution in [0.4, 0.5) is 0 Å². The molecule has 0 aliphatic heterocycles. The summed E-state index contributed by atoms with van der Waals surface area (Å²) in [6.45, 7) is 1.56. The number of rotatable bonds is 1. The first-order chi connectivity index (χ1) is 2.64. The second kappa shape index (κ2) is 4.08. The SMILES string of the molecule is CC(Br)C(=O)O.N. The number of carbonyl (C=O) groups is 1. The van der Waals surface area contributed by atoms with Gasteiger partial charge in [0.15, 0.2) is 0 Å². The largest absolute Gasteiger partial charge is 0.480 e. The van der Waals surface area contributed by atoms with Crippen LogP contribution in [0.15, 0.2) is 0 Å². The van der Waals surface area contributed by atoms with Gasteiger partial charge in [0.2, 0.25) is 0 Å². The van der Waals surface area contributed by atoms with Crippen LogP contribution in [0.25, 0.3) is 0 Å². The fraction of sp³-hybridized carbons (Fsp3) is 0.667. The van der Waals surface area contributed by atoms with Crippen LogP contribution < -0.4 is 6.15 Å². The first kappa shape index (κ1) is 10.0. The quantitative estimate of drug-likeness (QED) is 0.577.